The van der Waals surface area contributed by atoms with E-state index in [0.717, 1.165) is 5.69 Å². The number of amides is 1. The van der Waals surface area contributed by atoms with E-state index >= 15 is 0 Å². The van der Waals surface area contributed by atoms with Crippen LogP contribution < -0.4 is 10.7 Å². The molecular weight excluding hydrogens is 310 g/mol. The van der Waals surface area contributed by atoms with E-state index in [0.29, 0.717) is 16.0 Å². The lowest BCUT2D eigenvalue weighted by Gasteiger charge is -2.14. The van der Waals surface area contributed by atoms with Crippen LogP contribution in [-0.2, 0) is 5.41 Å². The van der Waals surface area contributed by atoms with Crippen LogP contribution in [0.25, 0.3) is 10.9 Å². The fraction of sp³-hybridized carbons (Fsp3) is 0.235. The molecule has 0 spiro atoms. The average Bonchev–Trinajstić information content (AvgIpc) is 2.96. The first-order valence-electron chi connectivity index (χ1n) is 7.24. The summed E-state index contributed by atoms with van der Waals surface area (Å²) in [6.07, 6.45) is 1.44. The van der Waals surface area contributed by atoms with Crippen LogP contribution in [0.5, 0.6) is 0 Å². The van der Waals surface area contributed by atoms with Gasteiger partial charge in [0.15, 0.2) is 5.13 Å². The van der Waals surface area contributed by atoms with E-state index < -0.39 is 5.91 Å². The third kappa shape index (κ3) is 3.03. The normalized spacial score (nSPS) is 11.6. The maximum atomic E-state index is 12.4. The highest BCUT2D eigenvalue weighted by Gasteiger charge is 2.19. The van der Waals surface area contributed by atoms with E-state index in [1.165, 1.54) is 17.5 Å². The zero-order chi connectivity index (χ0) is 16.6. The molecule has 3 rings (SSSR count). The molecule has 1 amide bonds. The summed E-state index contributed by atoms with van der Waals surface area (Å²) in [5, 5.41) is 5.61. The third-order valence-electron chi connectivity index (χ3n) is 3.53. The number of hydrogen-bond donors (Lipinski definition) is 2. The molecule has 23 heavy (non-hydrogen) atoms. The van der Waals surface area contributed by atoms with Gasteiger partial charge >= 0.3 is 0 Å². The molecular formula is C17H17N3O2S. The molecule has 0 saturated heterocycles. The molecule has 3 aromatic rings. The van der Waals surface area contributed by atoms with Gasteiger partial charge in [-0.2, -0.15) is 0 Å². The van der Waals surface area contributed by atoms with E-state index in [1.807, 2.05) is 11.4 Å². The molecule has 0 atom stereocenters. The topological polar surface area (TPSA) is 74.8 Å². The molecule has 0 unspecified atom stereocenters. The number of rotatable bonds is 2. The van der Waals surface area contributed by atoms with E-state index in [2.05, 4.69) is 36.1 Å². The Kier molecular flexibility index (Phi) is 3.77. The molecule has 2 heterocycles. The largest absolute Gasteiger partial charge is 0.360 e. The molecule has 6 heteroatoms. The van der Waals surface area contributed by atoms with Crippen LogP contribution in [0.3, 0.4) is 0 Å². The zero-order valence-electron chi connectivity index (χ0n) is 13.1. The van der Waals surface area contributed by atoms with Crippen molar-refractivity contribution in [2.75, 3.05) is 5.32 Å². The van der Waals surface area contributed by atoms with Crippen molar-refractivity contribution >= 4 is 33.3 Å². The molecule has 5 nitrogen and oxygen atoms in total. The smallest absolute Gasteiger partial charge is 0.262 e. The number of aromatic nitrogens is 2. The highest BCUT2D eigenvalue weighted by Crippen LogP contribution is 2.26. The summed E-state index contributed by atoms with van der Waals surface area (Å²) >= 11 is 1.35. The lowest BCUT2D eigenvalue weighted by Crippen LogP contribution is -2.22. The minimum Gasteiger partial charge on any atom is -0.360 e. The van der Waals surface area contributed by atoms with Gasteiger partial charge in [0.2, 0.25) is 5.43 Å². The fourth-order valence-electron chi connectivity index (χ4n) is 2.18. The number of hydrogen-bond acceptors (Lipinski definition) is 4. The Morgan fingerprint density at radius 3 is 2.70 bits per heavy atom. The summed E-state index contributed by atoms with van der Waals surface area (Å²) in [4.78, 5) is 32.2. The Morgan fingerprint density at radius 1 is 1.26 bits per heavy atom. The van der Waals surface area contributed by atoms with Gasteiger partial charge in [-0.15, -0.1) is 11.3 Å². The van der Waals surface area contributed by atoms with Gasteiger partial charge in [-0.1, -0.05) is 32.9 Å². The Balaban J connectivity index is 1.91. The highest BCUT2D eigenvalue weighted by molar-refractivity contribution is 7.14. The number of H-pyrrole nitrogens is 1. The average molecular weight is 327 g/mol. The number of aromatic amines is 1. The Hall–Kier alpha value is -2.47. The van der Waals surface area contributed by atoms with Crippen LogP contribution in [0.2, 0.25) is 0 Å². The summed E-state index contributed by atoms with van der Waals surface area (Å²) in [6.45, 7) is 6.17. The number of thiazole rings is 1. The van der Waals surface area contributed by atoms with Gasteiger partial charge in [0.1, 0.15) is 5.56 Å². The number of benzene rings is 1. The highest BCUT2D eigenvalue weighted by atomic mass is 32.1. The molecule has 0 fully saturated rings. The second kappa shape index (κ2) is 5.62. The van der Waals surface area contributed by atoms with Gasteiger partial charge in [0.05, 0.1) is 5.69 Å². The quantitative estimate of drug-likeness (QED) is 0.756. The van der Waals surface area contributed by atoms with Crippen molar-refractivity contribution in [1.29, 1.82) is 0 Å². The van der Waals surface area contributed by atoms with Gasteiger partial charge in [-0.05, 0) is 12.1 Å². The number of pyridine rings is 1. The molecule has 0 radical (unpaired) electrons. The summed E-state index contributed by atoms with van der Waals surface area (Å²) in [6, 6.07) is 7.11. The van der Waals surface area contributed by atoms with Crippen LogP contribution in [-0.4, -0.2) is 15.9 Å². The molecule has 0 saturated carbocycles. The second-order valence-corrected chi connectivity index (χ2v) is 7.18. The predicted octanol–water partition coefficient (Wildman–Crippen LogP) is 3.53. The Labute approximate surface area is 137 Å². The first-order chi connectivity index (χ1) is 10.9. The summed E-state index contributed by atoms with van der Waals surface area (Å²) in [5.41, 5.74) is 1.32. The van der Waals surface area contributed by atoms with Crippen molar-refractivity contribution in [2.45, 2.75) is 26.2 Å². The van der Waals surface area contributed by atoms with Crippen LogP contribution in [0.1, 0.15) is 36.8 Å². The van der Waals surface area contributed by atoms with Gasteiger partial charge in [-0.3, -0.25) is 14.9 Å². The zero-order valence-corrected chi connectivity index (χ0v) is 14.0. The molecule has 2 aromatic heterocycles. The molecule has 1 aromatic carbocycles. The van der Waals surface area contributed by atoms with Crippen LogP contribution >= 0.6 is 11.3 Å². The van der Waals surface area contributed by atoms with Crippen molar-refractivity contribution in [3.05, 3.63) is 57.3 Å². The number of nitrogens with zero attached hydrogens (tertiary/aromatic N) is 1. The monoisotopic (exact) mass is 327 g/mol. The van der Waals surface area contributed by atoms with Crippen LogP contribution in [0, 0.1) is 0 Å². The SMILES string of the molecule is CC(C)(C)c1csc(NC(=O)c2c[nH]c3ccccc3c2=O)n1. The van der Waals surface area contributed by atoms with Gasteiger partial charge in [-0.25, -0.2) is 4.98 Å². The first kappa shape index (κ1) is 15.4. The first-order valence-corrected chi connectivity index (χ1v) is 8.12. The lowest BCUT2D eigenvalue weighted by molar-refractivity contribution is 0.102. The standard InChI is InChI=1S/C17H17N3O2S/c1-17(2,3)13-9-23-16(19-13)20-15(22)11-8-18-12-7-5-4-6-10(12)14(11)21/h4-9H,1-3H3,(H,18,21)(H,19,20,22). The number of carbonyl (C=O) groups is 1. The molecule has 0 bridgehead atoms. The molecule has 0 aliphatic heterocycles. The number of para-hydroxylation sites is 1. The summed E-state index contributed by atoms with van der Waals surface area (Å²) in [7, 11) is 0. The Bertz CT molecular complexity index is 935. The minimum atomic E-state index is -0.452. The molecule has 118 valence electrons. The van der Waals surface area contributed by atoms with Crippen LogP contribution in [0.15, 0.2) is 40.6 Å². The van der Waals surface area contributed by atoms with E-state index in [1.54, 1.807) is 18.2 Å². The van der Waals surface area contributed by atoms with Crippen molar-refractivity contribution in [2.24, 2.45) is 0 Å². The predicted molar refractivity (Wildman–Crippen MR) is 93.3 cm³/mol. The number of anilines is 1. The van der Waals surface area contributed by atoms with Crippen molar-refractivity contribution in [3.63, 3.8) is 0 Å². The van der Waals surface area contributed by atoms with Gasteiger partial charge in [0, 0.05) is 27.9 Å². The molecule has 0 aliphatic carbocycles. The summed E-state index contributed by atoms with van der Waals surface area (Å²) in [5.74, 6) is -0.452. The van der Waals surface area contributed by atoms with Crippen molar-refractivity contribution < 1.29 is 4.79 Å². The minimum absolute atomic E-state index is 0.0798. The number of fused-ring (bicyclic) bond motifs is 1. The lowest BCUT2D eigenvalue weighted by atomic mass is 9.93. The van der Waals surface area contributed by atoms with E-state index in [-0.39, 0.29) is 16.4 Å². The molecule has 0 aliphatic rings. The number of carbonyl (C=O) groups excluding carboxylic acids is 1. The fourth-order valence-corrected chi connectivity index (χ4v) is 3.11. The van der Waals surface area contributed by atoms with E-state index in [4.69, 9.17) is 0 Å². The number of nitrogens with one attached hydrogen (secondary N) is 2. The summed E-state index contributed by atoms with van der Waals surface area (Å²) < 4.78 is 0. The van der Waals surface area contributed by atoms with Crippen molar-refractivity contribution in [3.8, 4) is 0 Å². The van der Waals surface area contributed by atoms with Crippen molar-refractivity contribution in [1.82, 2.24) is 9.97 Å². The maximum Gasteiger partial charge on any atom is 0.262 e. The maximum absolute atomic E-state index is 12.4. The third-order valence-corrected chi connectivity index (χ3v) is 4.28. The van der Waals surface area contributed by atoms with Crippen LogP contribution in [0.4, 0.5) is 5.13 Å². The second-order valence-electron chi connectivity index (χ2n) is 6.32. The van der Waals surface area contributed by atoms with E-state index in [9.17, 15) is 9.59 Å². The van der Waals surface area contributed by atoms with Gasteiger partial charge < -0.3 is 4.98 Å². The Morgan fingerprint density at radius 2 is 2.00 bits per heavy atom. The molecule has 2 N–H and O–H groups in total. The van der Waals surface area contributed by atoms with Gasteiger partial charge in [0.25, 0.3) is 5.91 Å².